The highest BCUT2D eigenvalue weighted by Crippen LogP contribution is 2.29. The van der Waals surface area contributed by atoms with Crippen LogP contribution in [-0.2, 0) is 15.6 Å². The highest BCUT2D eigenvalue weighted by atomic mass is 35.5. The molecule has 0 fully saturated rings. The SMILES string of the molecule is O=S(=O)(CCN1CC(c2ccccc2)C(c2ccc(Cl)cc2)=N1)Cc1ccccc1. The number of rotatable bonds is 7. The summed E-state index contributed by atoms with van der Waals surface area (Å²) in [4.78, 5) is 0. The van der Waals surface area contributed by atoms with E-state index in [4.69, 9.17) is 16.7 Å². The Labute approximate surface area is 182 Å². The lowest BCUT2D eigenvalue weighted by Crippen LogP contribution is -2.25. The van der Waals surface area contributed by atoms with Gasteiger partial charge < -0.3 is 0 Å². The highest BCUT2D eigenvalue weighted by molar-refractivity contribution is 7.90. The molecule has 0 aliphatic carbocycles. The van der Waals surface area contributed by atoms with Crippen molar-refractivity contribution in [3.8, 4) is 0 Å². The van der Waals surface area contributed by atoms with Crippen LogP contribution in [0.4, 0.5) is 0 Å². The van der Waals surface area contributed by atoms with E-state index < -0.39 is 9.84 Å². The van der Waals surface area contributed by atoms with Gasteiger partial charge in [-0.1, -0.05) is 84.4 Å². The van der Waals surface area contributed by atoms with Gasteiger partial charge in [-0.05, 0) is 28.8 Å². The standard InChI is InChI=1S/C24H23ClN2O2S/c25-22-13-11-21(12-14-22)24-23(20-9-5-2-6-10-20)17-27(26-24)15-16-30(28,29)18-19-7-3-1-4-8-19/h1-14,23H,15-18H2. The van der Waals surface area contributed by atoms with Crippen LogP contribution in [0, 0.1) is 0 Å². The molecule has 0 saturated heterocycles. The smallest absolute Gasteiger partial charge is 0.156 e. The number of hydrogen-bond acceptors (Lipinski definition) is 4. The van der Waals surface area contributed by atoms with Gasteiger partial charge in [0, 0.05) is 17.5 Å². The molecule has 0 spiro atoms. The molecule has 30 heavy (non-hydrogen) atoms. The monoisotopic (exact) mass is 438 g/mol. The Morgan fingerprint density at radius 2 is 1.53 bits per heavy atom. The van der Waals surface area contributed by atoms with Crippen LogP contribution in [0.1, 0.15) is 22.6 Å². The predicted molar refractivity (Wildman–Crippen MR) is 123 cm³/mol. The molecule has 4 nitrogen and oxygen atoms in total. The van der Waals surface area contributed by atoms with Gasteiger partial charge in [-0.3, -0.25) is 5.01 Å². The molecule has 1 atom stereocenters. The van der Waals surface area contributed by atoms with E-state index in [-0.39, 0.29) is 17.4 Å². The fraction of sp³-hybridized carbons (Fsp3) is 0.208. The predicted octanol–water partition coefficient (Wildman–Crippen LogP) is 4.76. The largest absolute Gasteiger partial charge is 0.295 e. The van der Waals surface area contributed by atoms with Crippen molar-refractivity contribution in [2.45, 2.75) is 11.7 Å². The van der Waals surface area contributed by atoms with Crippen molar-refractivity contribution in [1.29, 1.82) is 0 Å². The lowest BCUT2D eigenvalue weighted by Gasteiger charge is -2.16. The van der Waals surface area contributed by atoms with Gasteiger partial charge in [-0.2, -0.15) is 5.10 Å². The molecule has 0 radical (unpaired) electrons. The zero-order valence-electron chi connectivity index (χ0n) is 16.5. The van der Waals surface area contributed by atoms with Crippen molar-refractivity contribution in [2.75, 3.05) is 18.8 Å². The third-order valence-electron chi connectivity index (χ3n) is 5.20. The summed E-state index contributed by atoms with van der Waals surface area (Å²) in [6, 6.07) is 27.1. The Kier molecular flexibility index (Phi) is 6.21. The highest BCUT2D eigenvalue weighted by Gasteiger charge is 2.29. The van der Waals surface area contributed by atoms with Crippen molar-refractivity contribution in [3.63, 3.8) is 0 Å². The van der Waals surface area contributed by atoms with Crippen LogP contribution < -0.4 is 0 Å². The van der Waals surface area contributed by atoms with E-state index in [9.17, 15) is 8.42 Å². The molecule has 4 rings (SSSR count). The molecular formula is C24H23ClN2O2S. The molecule has 0 N–H and O–H groups in total. The molecule has 3 aromatic carbocycles. The number of nitrogens with zero attached hydrogens (tertiary/aromatic N) is 2. The first-order valence-corrected chi connectivity index (χ1v) is 12.1. The van der Waals surface area contributed by atoms with E-state index in [1.165, 1.54) is 5.56 Å². The molecule has 1 heterocycles. The van der Waals surface area contributed by atoms with Gasteiger partial charge in [-0.15, -0.1) is 0 Å². The molecule has 154 valence electrons. The summed E-state index contributed by atoms with van der Waals surface area (Å²) in [5.74, 6) is 0.211. The summed E-state index contributed by atoms with van der Waals surface area (Å²) < 4.78 is 25.2. The Hall–Kier alpha value is -2.63. The third-order valence-corrected chi connectivity index (χ3v) is 7.03. The molecule has 1 aliphatic heterocycles. The number of hydrazone groups is 1. The maximum Gasteiger partial charge on any atom is 0.156 e. The Balaban J connectivity index is 1.51. The van der Waals surface area contributed by atoms with Crippen molar-refractivity contribution >= 4 is 27.1 Å². The number of hydrogen-bond donors (Lipinski definition) is 0. The Bertz CT molecular complexity index is 1110. The van der Waals surface area contributed by atoms with Gasteiger partial charge in [0.15, 0.2) is 9.84 Å². The van der Waals surface area contributed by atoms with E-state index in [1.807, 2.05) is 77.8 Å². The van der Waals surface area contributed by atoms with Crippen molar-refractivity contribution in [1.82, 2.24) is 5.01 Å². The minimum atomic E-state index is -3.22. The van der Waals surface area contributed by atoms with Crippen molar-refractivity contribution in [2.24, 2.45) is 5.10 Å². The van der Waals surface area contributed by atoms with Crippen molar-refractivity contribution in [3.05, 3.63) is 107 Å². The number of halogens is 1. The van der Waals surface area contributed by atoms with Crippen LogP contribution in [0.15, 0.2) is 90.0 Å². The second-order valence-corrected chi connectivity index (χ2v) is 10.1. The topological polar surface area (TPSA) is 49.7 Å². The van der Waals surface area contributed by atoms with Gasteiger partial charge in [0.2, 0.25) is 0 Å². The normalized spacial score (nSPS) is 16.5. The van der Waals surface area contributed by atoms with E-state index in [1.54, 1.807) is 0 Å². The Morgan fingerprint density at radius 3 is 2.20 bits per heavy atom. The molecule has 1 unspecified atom stereocenters. The average Bonchev–Trinajstić information content (AvgIpc) is 3.18. The first-order valence-electron chi connectivity index (χ1n) is 9.89. The molecule has 1 aliphatic rings. The quantitative estimate of drug-likeness (QED) is 0.534. The summed E-state index contributed by atoms with van der Waals surface area (Å²) >= 11 is 6.05. The second kappa shape index (κ2) is 9.02. The molecule has 6 heteroatoms. The minimum Gasteiger partial charge on any atom is -0.295 e. The fourth-order valence-electron chi connectivity index (χ4n) is 3.67. The van der Waals surface area contributed by atoms with E-state index >= 15 is 0 Å². The van der Waals surface area contributed by atoms with Crippen LogP contribution in [0.5, 0.6) is 0 Å². The lowest BCUT2D eigenvalue weighted by molar-refractivity contribution is 0.328. The summed E-state index contributed by atoms with van der Waals surface area (Å²) in [7, 11) is -3.22. The van der Waals surface area contributed by atoms with Crippen molar-refractivity contribution < 1.29 is 8.42 Å². The minimum absolute atomic E-state index is 0.0531. The second-order valence-electron chi connectivity index (χ2n) is 7.45. The fourth-order valence-corrected chi connectivity index (χ4v) is 5.13. The van der Waals surface area contributed by atoms with Gasteiger partial charge in [-0.25, -0.2) is 8.42 Å². The van der Waals surface area contributed by atoms with Gasteiger partial charge in [0.1, 0.15) is 0 Å². The maximum absolute atomic E-state index is 12.6. The zero-order chi connectivity index (χ0) is 21.0. The number of benzene rings is 3. The molecule has 0 amide bonds. The summed E-state index contributed by atoms with van der Waals surface area (Å²) in [5.41, 5.74) is 3.92. The summed E-state index contributed by atoms with van der Waals surface area (Å²) in [6.45, 7) is 1.03. The first-order chi connectivity index (χ1) is 14.5. The lowest BCUT2D eigenvalue weighted by atomic mass is 9.91. The summed E-state index contributed by atoms with van der Waals surface area (Å²) in [6.07, 6.45) is 0. The number of sulfone groups is 1. The third kappa shape index (κ3) is 5.10. The molecule has 3 aromatic rings. The van der Waals surface area contributed by atoms with Gasteiger partial charge in [0.05, 0.1) is 23.8 Å². The van der Waals surface area contributed by atoms with E-state index in [2.05, 4.69) is 12.1 Å². The Morgan fingerprint density at radius 1 is 0.900 bits per heavy atom. The van der Waals surface area contributed by atoms with Crippen LogP contribution in [0.25, 0.3) is 0 Å². The van der Waals surface area contributed by atoms with Crippen LogP contribution in [0.2, 0.25) is 5.02 Å². The van der Waals surface area contributed by atoms with Gasteiger partial charge in [0.25, 0.3) is 0 Å². The van der Waals surface area contributed by atoms with Gasteiger partial charge >= 0.3 is 0 Å². The molecule has 0 aromatic heterocycles. The van der Waals surface area contributed by atoms with E-state index in [0.29, 0.717) is 18.1 Å². The maximum atomic E-state index is 12.6. The van der Waals surface area contributed by atoms with Crippen LogP contribution >= 0.6 is 11.6 Å². The molecule has 0 bridgehead atoms. The van der Waals surface area contributed by atoms with E-state index in [0.717, 1.165) is 16.8 Å². The summed E-state index contributed by atoms with van der Waals surface area (Å²) in [5, 5.41) is 7.36. The molecule has 0 saturated carbocycles. The first kappa shape index (κ1) is 20.6. The van der Waals surface area contributed by atoms with Crippen LogP contribution in [0.3, 0.4) is 0 Å². The van der Waals surface area contributed by atoms with Crippen LogP contribution in [-0.4, -0.2) is 38.0 Å². The zero-order valence-corrected chi connectivity index (χ0v) is 18.1. The average molecular weight is 439 g/mol. The molecular weight excluding hydrogens is 416 g/mol.